The normalized spacial score (nSPS) is 12.6. The molecule has 0 aliphatic carbocycles. The van der Waals surface area contributed by atoms with Crippen LogP contribution in [0.15, 0.2) is 66.7 Å². The fraction of sp³-hybridized carbons (Fsp3) is 0.323. The standard InChI is InChI=1S/C31H33Cl2F3N4O4/c1-2-44-23-10-7-21(8-11-23)24(17-38-28(41)14-31(34,35)36)29(42)40-18-25(22-9-12-26(32)27(33)13-22)30(43)39-16-20-5-3-19(15-37)4-6-20/h3-13,24-25H,2,14-18,37H2,1H3,(H,38,41)(H,39,43)(H,40,42)/t24-,25+/m1/s1. The van der Waals surface area contributed by atoms with Crippen molar-refractivity contribution in [3.63, 3.8) is 0 Å². The van der Waals surface area contributed by atoms with Crippen LogP contribution >= 0.6 is 23.2 Å². The van der Waals surface area contributed by atoms with E-state index in [1.54, 1.807) is 37.3 Å². The molecule has 0 aliphatic rings. The number of carbonyl (C=O) groups is 3. The van der Waals surface area contributed by atoms with E-state index in [0.29, 0.717) is 30.0 Å². The monoisotopic (exact) mass is 652 g/mol. The first-order chi connectivity index (χ1) is 20.9. The summed E-state index contributed by atoms with van der Waals surface area (Å²) in [6.07, 6.45) is -6.38. The van der Waals surface area contributed by atoms with Gasteiger partial charge in [-0.05, 0) is 53.4 Å². The Kier molecular flexibility index (Phi) is 12.9. The lowest BCUT2D eigenvalue weighted by Crippen LogP contribution is -2.42. The highest BCUT2D eigenvalue weighted by atomic mass is 35.5. The highest BCUT2D eigenvalue weighted by molar-refractivity contribution is 6.42. The molecule has 3 rings (SSSR count). The number of halogens is 5. The molecule has 0 radical (unpaired) electrons. The van der Waals surface area contributed by atoms with Gasteiger partial charge in [-0.2, -0.15) is 13.2 Å². The predicted octanol–water partition coefficient (Wildman–Crippen LogP) is 5.22. The molecular weight excluding hydrogens is 620 g/mol. The van der Waals surface area contributed by atoms with E-state index >= 15 is 0 Å². The summed E-state index contributed by atoms with van der Waals surface area (Å²) in [6.45, 7) is 2.22. The first-order valence-corrected chi connectivity index (χ1v) is 14.5. The summed E-state index contributed by atoms with van der Waals surface area (Å²) in [4.78, 5) is 38.8. The minimum atomic E-state index is -4.70. The lowest BCUT2D eigenvalue weighted by atomic mass is 9.95. The van der Waals surface area contributed by atoms with E-state index in [1.807, 2.05) is 24.3 Å². The Morgan fingerprint density at radius 3 is 1.95 bits per heavy atom. The van der Waals surface area contributed by atoms with E-state index in [9.17, 15) is 27.6 Å². The maximum atomic E-state index is 13.5. The molecule has 236 valence electrons. The van der Waals surface area contributed by atoms with Crippen LogP contribution in [0.1, 0.15) is 47.4 Å². The minimum Gasteiger partial charge on any atom is -0.494 e. The molecule has 0 aromatic heterocycles. The first kappa shape index (κ1) is 34.7. The molecule has 0 saturated heterocycles. The molecule has 5 N–H and O–H groups in total. The number of hydrogen-bond acceptors (Lipinski definition) is 5. The Bertz CT molecular complexity index is 1420. The van der Waals surface area contributed by atoms with Gasteiger partial charge in [0.2, 0.25) is 17.7 Å². The molecule has 0 fully saturated rings. The Morgan fingerprint density at radius 2 is 1.36 bits per heavy atom. The van der Waals surface area contributed by atoms with Crippen LogP contribution in [0.25, 0.3) is 0 Å². The fourth-order valence-electron chi connectivity index (χ4n) is 4.31. The molecule has 3 aromatic carbocycles. The Labute approximate surface area is 263 Å². The van der Waals surface area contributed by atoms with Crippen LogP contribution in [0.3, 0.4) is 0 Å². The van der Waals surface area contributed by atoms with Gasteiger partial charge >= 0.3 is 6.18 Å². The lowest BCUT2D eigenvalue weighted by Gasteiger charge is -2.22. The van der Waals surface area contributed by atoms with Gasteiger partial charge in [0, 0.05) is 26.2 Å². The second-order valence-electron chi connectivity index (χ2n) is 9.86. The molecular formula is C31H33Cl2F3N4O4. The number of hydrogen-bond donors (Lipinski definition) is 4. The topological polar surface area (TPSA) is 123 Å². The van der Waals surface area contributed by atoms with E-state index in [1.165, 1.54) is 12.1 Å². The summed E-state index contributed by atoms with van der Waals surface area (Å²) in [6, 6.07) is 18.5. The van der Waals surface area contributed by atoms with Crippen molar-refractivity contribution in [2.45, 2.75) is 44.4 Å². The van der Waals surface area contributed by atoms with Crippen molar-refractivity contribution < 1.29 is 32.3 Å². The van der Waals surface area contributed by atoms with Crippen molar-refractivity contribution in [1.29, 1.82) is 0 Å². The van der Waals surface area contributed by atoms with Gasteiger partial charge in [0.05, 0.1) is 28.5 Å². The van der Waals surface area contributed by atoms with E-state index in [4.69, 9.17) is 33.7 Å². The average molecular weight is 654 g/mol. The van der Waals surface area contributed by atoms with Crippen LogP contribution in [0, 0.1) is 0 Å². The molecule has 13 heteroatoms. The highest BCUT2D eigenvalue weighted by Crippen LogP contribution is 2.27. The van der Waals surface area contributed by atoms with Crippen LogP contribution in [0.5, 0.6) is 5.75 Å². The van der Waals surface area contributed by atoms with Crippen LogP contribution in [-0.2, 0) is 27.5 Å². The predicted molar refractivity (Wildman–Crippen MR) is 162 cm³/mol. The Balaban J connectivity index is 1.80. The van der Waals surface area contributed by atoms with E-state index in [0.717, 1.165) is 11.1 Å². The zero-order valence-electron chi connectivity index (χ0n) is 23.8. The van der Waals surface area contributed by atoms with Gasteiger partial charge in [-0.25, -0.2) is 0 Å². The average Bonchev–Trinajstić information content (AvgIpc) is 2.98. The second kappa shape index (κ2) is 16.3. The summed E-state index contributed by atoms with van der Waals surface area (Å²) >= 11 is 12.3. The lowest BCUT2D eigenvalue weighted by molar-refractivity contribution is -0.153. The Hall–Kier alpha value is -3.80. The molecule has 0 saturated carbocycles. The zero-order valence-corrected chi connectivity index (χ0v) is 25.4. The third-order valence-corrected chi connectivity index (χ3v) is 7.38. The Morgan fingerprint density at radius 1 is 0.795 bits per heavy atom. The maximum absolute atomic E-state index is 13.5. The summed E-state index contributed by atoms with van der Waals surface area (Å²) in [5.74, 6) is -3.74. The number of rotatable bonds is 14. The quantitative estimate of drug-likeness (QED) is 0.190. The van der Waals surface area contributed by atoms with Crippen LogP contribution in [-0.4, -0.2) is 43.6 Å². The molecule has 0 spiro atoms. The van der Waals surface area contributed by atoms with Crippen molar-refractivity contribution in [1.82, 2.24) is 16.0 Å². The van der Waals surface area contributed by atoms with Crippen LogP contribution in [0.2, 0.25) is 10.0 Å². The SMILES string of the molecule is CCOc1ccc([C@@H](CNC(=O)CC(F)(F)F)C(=O)NC[C@H](C(=O)NCc2ccc(CN)cc2)c2ccc(Cl)c(Cl)c2)cc1. The van der Waals surface area contributed by atoms with Crippen molar-refractivity contribution in [3.05, 3.63) is 99.0 Å². The largest absolute Gasteiger partial charge is 0.494 e. The number of nitrogens with one attached hydrogen (secondary N) is 3. The van der Waals surface area contributed by atoms with E-state index < -0.39 is 48.7 Å². The number of benzene rings is 3. The molecule has 2 atom stereocenters. The number of amides is 3. The van der Waals surface area contributed by atoms with Crippen LogP contribution in [0.4, 0.5) is 13.2 Å². The van der Waals surface area contributed by atoms with Gasteiger partial charge in [-0.15, -0.1) is 0 Å². The molecule has 0 bridgehead atoms. The van der Waals surface area contributed by atoms with E-state index in [-0.39, 0.29) is 23.1 Å². The fourth-order valence-corrected chi connectivity index (χ4v) is 4.61. The van der Waals surface area contributed by atoms with Gasteiger partial charge in [0.15, 0.2) is 0 Å². The highest BCUT2D eigenvalue weighted by Gasteiger charge is 2.32. The van der Waals surface area contributed by atoms with Gasteiger partial charge in [0.25, 0.3) is 0 Å². The third kappa shape index (κ3) is 10.7. The summed E-state index contributed by atoms with van der Waals surface area (Å²) in [5, 5.41) is 8.27. The minimum absolute atomic E-state index is 0.182. The van der Waals surface area contributed by atoms with Gasteiger partial charge < -0.3 is 26.4 Å². The van der Waals surface area contributed by atoms with Gasteiger partial charge in [0.1, 0.15) is 12.2 Å². The van der Waals surface area contributed by atoms with Gasteiger partial charge in [-0.1, -0.05) is 65.7 Å². The molecule has 3 amide bonds. The third-order valence-electron chi connectivity index (χ3n) is 6.64. The molecule has 44 heavy (non-hydrogen) atoms. The number of ether oxygens (including phenoxy) is 1. The summed E-state index contributed by atoms with van der Waals surface area (Å²) in [5.41, 5.74) is 8.32. The number of alkyl halides is 3. The number of nitrogens with two attached hydrogens (primary N) is 1. The molecule has 8 nitrogen and oxygen atoms in total. The molecule has 0 heterocycles. The zero-order chi connectivity index (χ0) is 32.3. The molecule has 0 unspecified atom stereocenters. The first-order valence-electron chi connectivity index (χ1n) is 13.7. The van der Waals surface area contributed by atoms with Gasteiger partial charge in [-0.3, -0.25) is 14.4 Å². The molecule has 0 aliphatic heterocycles. The van der Waals surface area contributed by atoms with Crippen molar-refractivity contribution in [2.24, 2.45) is 5.73 Å². The summed E-state index contributed by atoms with van der Waals surface area (Å²) in [7, 11) is 0. The van der Waals surface area contributed by atoms with Crippen LogP contribution < -0.4 is 26.4 Å². The summed E-state index contributed by atoms with van der Waals surface area (Å²) < 4.78 is 43.6. The molecule has 3 aromatic rings. The van der Waals surface area contributed by atoms with Crippen molar-refractivity contribution in [3.8, 4) is 5.75 Å². The van der Waals surface area contributed by atoms with E-state index in [2.05, 4.69) is 16.0 Å². The number of carbonyl (C=O) groups excluding carboxylic acids is 3. The smallest absolute Gasteiger partial charge is 0.397 e. The van der Waals surface area contributed by atoms with Crippen molar-refractivity contribution >= 4 is 40.9 Å². The second-order valence-corrected chi connectivity index (χ2v) is 10.7. The van der Waals surface area contributed by atoms with Crippen molar-refractivity contribution in [2.75, 3.05) is 19.7 Å². The maximum Gasteiger partial charge on any atom is 0.397 e.